The van der Waals surface area contributed by atoms with E-state index < -0.39 is 29.9 Å². The van der Waals surface area contributed by atoms with Crippen LogP contribution in [0.5, 0.6) is 0 Å². The van der Waals surface area contributed by atoms with Crippen LogP contribution in [0.2, 0.25) is 0 Å². The summed E-state index contributed by atoms with van der Waals surface area (Å²) in [4.78, 5) is 130. The van der Waals surface area contributed by atoms with Crippen molar-refractivity contribution in [2.75, 3.05) is 68.5 Å². The number of aromatic nitrogens is 5. The minimum Gasteiger partial charge on any atom is -0.481 e. The Hall–Kier alpha value is -11.0. The molecule has 0 saturated heterocycles. The zero-order valence-electron chi connectivity index (χ0n) is 51.7. The maximum absolute atomic E-state index is 11.7. The van der Waals surface area contributed by atoms with E-state index in [0.717, 1.165) is 34.9 Å². The Morgan fingerprint density at radius 1 is 0.446 bits per heavy atom. The molecule has 5 aromatic heterocycles. The molecule has 0 aliphatic heterocycles. The maximum Gasteiger partial charge on any atom is 0.342 e. The van der Waals surface area contributed by atoms with E-state index in [1.54, 1.807) is 54.6 Å². The van der Waals surface area contributed by atoms with Gasteiger partial charge in [-0.2, -0.15) is 4.89 Å². The summed E-state index contributed by atoms with van der Waals surface area (Å²) in [7, 11) is 1.23. The molecule has 0 bridgehead atoms. The molecule has 5 aromatic rings. The van der Waals surface area contributed by atoms with Crippen molar-refractivity contribution >= 4 is 82.4 Å². The number of carboxylic acid groups (broad SMARTS) is 2. The van der Waals surface area contributed by atoms with Crippen LogP contribution < -0.4 is 66.3 Å². The van der Waals surface area contributed by atoms with Gasteiger partial charge in [-0.3, -0.25) is 43.2 Å². The summed E-state index contributed by atoms with van der Waals surface area (Å²) in [6, 6.07) is 25.7. The first-order valence-corrected chi connectivity index (χ1v) is 29.0. The van der Waals surface area contributed by atoms with Crippen LogP contribution in [-0.2, 0) is 85.0 Å². The van der Waals surface area contributed by atoms with Crippen LogP contribution in [0.1, 0.15) is 99.6 Å². The van der Waals surface area contributed by atoms with Crippen LogP contribution in [-0.4, -0.2) is 140 Å². The van der Waals surface area contributed by atoms with Crippen LogP contribution in [0.15, 0.2) is 91.0 Å². The first kappa shape index (κ1) is 79.0. The highest BCUT2D eigenvalue weighted by atomic mass is 17.2. The SMILES string of the molecule is C#CC(CC(=O)O)NC(=O)CCC(=O)NCCc1cccc(N)n1.C#CC(CC)NC(=O)CCC(=O)NCCc1cccc(N)n1.COOC(=O)CCC(=O)NCCc1cccc(N)n1.NCCc1cccc(N)n1.Nc1cccc(CCNC(=O)CCC(=O)O)n1. The Morgan fingerprint density at radius 3 is 1.01 bits per heavy atom. The molecule has 0 spiro atoms. The van der Waals surface area contributed by atoms with Gasteiger partial charge < -0.3 is 76.5 Å². The molecule has 5 rings (SSSR count). The molecule has 0 fully saturated rings. The smallest absolute Gasteiger partial charge is 0.342 e. The number of pyridine rings is 5. The maximum atomic E-state index is 11.7. The Kier molecular flexibility index (Phi) is 41.2. The van der Waals surface area contributed by atoms with Gasteiger partial charge in [0.05, 0.1) is 32.4 Å². The second-order valence-corrected chi connectivity index (χ2v) is 19.3. The summed E-state index contributed by atoms with van der Waals surface area (Å²) < 4.78 is 0. The summed E-state index contributed by atoms with van der Waals surface area (Å²) in [5.74, 6) is 2.70. The summed E-state index contributed by atoms with van der Waals surface area (Å²) in [5, 5.41) is 32.8. The number of hydrogen-bond acceptors (Lipinski definition) is 22. The minimum atomic E-state index is -1.11. The molecule has 2 unspecified atom stereocenters. The number of amides is 6. The fraction of sp³-hybridized carbons (Fsp3) is 0.387. The monoisotopic (exact) mass is 1280 g/mol. The number of nitrogens with two attached hydrogens (primary N) is 6. The molecule has 20 N–H and O–H groups in total. The second-order valence-electron chi connectivity index (χ2n) is 19.3. The number of terminal acetylenes is 2. The Labute approximate surface area is 534 Å². The first-order chi connectivity index (χ1) is 44.0. The highest BCUT2D eigenvalue weighted by Gasteiger charge is 2.15. The molecule has 0 aliphatic rings. The van der Waals surface area contributed by atoms with Gasteiger partial charge in [0.2, 0.25) is 35.4 Å². The molecular formula is C62H85N17O13. The number of nitrogens with one attached hydrogen (secondary N) is 6. The molecule has 5 heterocycles. The van der Waals surface area contributed by atoms with Crippen molar-refractivity contribution in [2.45, 2.75) is 115 Å². The van der Waals surface area contributed by atoms with Crippen molar-refractivity contribution in [3.8, 4) is 24.7 Å². The van der Waals surface area contributed by atoms with Crippen molar-refractivity contribution < 1.29 is 63.1 Å². The topological polar surface area (TPSA) is 505 Å². The van der Waals surface area contributed by atoms with E-state index in [9.17, 15) is 43.2 Å². The van der Waals surface area contributed by atoms with Crippen molar-refractivity contribution in [3.63, 3.8) is 0 Å². The fourth-order valence-electron chi connectivity index (χ4n) is 7.15. The Bertz CT molecular complexity index is 3190. The van der Waals surface area contributed by atoms with Gasteiger partial charge in [-0.1, -0.05) is 49.1 Å². The number of aliphatic carboxylic acids is 2. The van der Waals surface area contributed by atoms with E-state index in [-0.39, 0.29) is 93.4 Å². The van der Waals surface area contributed by atoms with E-state index in [1.165, 1.54) is 7.11 Å². The van der Waals surface area contributed by atoms with Crippen LogP contribution in [0.4, 0.5) is 29.1 Å². The Morgan fingerprint density at radius 2 is 0.739 bits per heavy atom. The quantitative estimate of drug-likeness (QED) is 0.0161. The molecule has 6 amide bonds. The summed E-state index contributed by atoms with van der Waals surface area (Å²) in [6.45, 7) is 4.21. The molecule has 30 nitrogen and oxygen atoms in total. The average molecular weight is 1280 g/mol. The zero-order chi connectivity index (χ0) is 68.5. The lowest BCUT2D eigenvalue weighted by atomic mass is 10.2. The largest absolute Gasteiger partial charge is 0.481 e. The number of nitrogens with zero attached hydrogens (tertiary/aromatic N) is 5. The lowest BCUT2D eigenvalue weighted by molar-refractivity contribution is -0.255. The molecule has 496 valence electrons. The van der Waals surface area contributed by atoms with Gasteiger partial charge >= 0.3 is 17.9 Å². The highest BCUT2D eigenvalue weighted by molar-refractivity contribution is 5.85. The fourth-order valence-corrected chi connectivity index (χ4v) is 7.15. The van der Waals surface area contributed by atoms with Gasteiger partial charge in [0.1, 0.15) is 35.1 Å². The molecule has 0 saturated carbocycles. The molecule has 0 aliphatic carbocycles. The third-order valence-corrected chi connectivity index (χ3v) is 11.7. The second kappa shape index (κ2) is 48.0. The minimum absolute atomic E-state index is 0.000307. The number of anilines is 5. The summed E-state index contributed by atoms with van der Waals surface area (Å²) in [5.41, 5.74) is 37.1. The van der Waals surface area contributed by atoms with Crippen molar-refractivity contribution in [1.82, 2.24) is 56.8 Å². The number of nitrogen functional groups attached to an aromatic ring is 5. The molecule has 30 heteroatoms. The zero-order valence-corrected chi connectivity index (χ0v) is 51.7. The lowest BCUT2D eigenvalue weighted by Crippen LogP contribution is -2.36. The van der Waals surface area contributed by atoms with E-state index in [1.807, 2.05) is 43.3 Å². The molecular weight excluding hydrogens is 1190 g/mol. The van der Waals surface area contributed by atoms with E-state index in [4.69, 9.17) is 57.5 Å². The van der Waals surface area contributed by atoms with E-state index in [0.29, 0.717) is 93.9 Å². The van der Waals surface area contributed by atoms with Gasteiger partial charge in [-0.05, 0) is 73.6 Å². The van der Waals surface area contributed by atoms with Crippen LogP contribution in [0.3, 0.4) is 0 Å². The predicted octanol–water partition coefficient (Wildman–Crippen LogP) is 0.886. The Balaban J connectivity index is 0.000000587. The molecule has 0 radical (unpaired) electrons. The molecule has 2 atom stereocenters. The number of hydrogen-bond donors (Lipinski definition) is 14. The van der Waals surface area contributed by atoms with Gasteiger partial charge in [-0.25, -0.2) is 29.7 Å². The third kappa shape index (κ3) is 42.0. The van der Waals surface area contributed by atoms with Crippen molar-refractivity contribution in [3.05, 3.63) is 119 Å². The van der Waals surface area contributed by atoms with Gasteiger partial charge in [0.25, 0.3) is 0 Å². The van der Waals surface area contributed by atoms with Gasteiger partial charge in [0, 0.05) is 125 Å². The van der Waals surface area contributed by atoms with Crippen molar-refractivity contribution in [1.29, 1.82) is 0 Å². The predicted molar refractivity (Wildman–Crippen MR) is 345 cm³/mol. The number of carbonyl (C=O) groups excluding carboxylic acids is 7. The van der Waals surface area contributed by atoms with Crippen LogP contribution in [0.25, 0.3) is 0 Å². The molecule has 92 heavy (non-hydrogen) atoms. The van der Waals surface area contributed by atoms with Gasteiger partial charge in [-0.15, -0.1) is 12.8 Å². The van der Waals surface area contributed by atoms with Crippen LogP contribution in [0, 0.1) is 24.7 Å². The third-order valence-electron chi connectivity index (χ3n) is 11.7. The van der Waals surface area contributed by atoms with E-state index >= 15 is 0 Å². The number of rotatable bonds is 32. The normalized spacial score (nSPS) is 10.5. The lowest BCUT2D eigenvalue weighted by Gasteiger charge is -2.10. The summed E-state index contributed by atoms with van der Waals surface area (Å²) >= 11 is 0. The number of carboxylic acids is 2. The van der Waals surface area contributed by atoms with Crippen LogP contribution >= 0.6 is 0 Å². The summed E-state index contributed by atoms with van der Waals surface area (Å²) in [6.07, 6.45) is 13.9. The average Bonchev–Trinajstić information content (AvgIpc) is 2.73. The first-order valence-electron chi connectivity index (χ1n) is 29.0. The van der Waals surface area contributed by atoms with E-state index in [2.05, 4.69) is 78.4 Å². The standard InChI is InChI=1S/C16H20N4O4.C16H22N4O2.C12H17N3O4.C11H15N3O3.C7H11N3/c1-2-11(10-16(23)24)20-15(22)7-6-14(21)18-9-8-12-4-3-5-13(17)19-12;1-3-12(4-2)20-16(22)9-8-15(21)18-11-10-13-6-5-7-14(17)19-13;1-18-19-12(17)6-5-11(16)14-8-7-9-3-2-4-10(13)15-9;12-9-3-1-2-8(14-9)6-7-13-10(15)4-5-11(16)17;8-5-4-6-2-1-3-7(9)10-6/h1,3-5,11H,6-10H2,(H2,17,19)(H,18,21)(H,20,22)(H,23,24);1,5-7,12H,4,8-11H2,2H3,(H2,17,19)(H,18,21)(H,20,22);2-4H,5-8H2,1H3,(H2,13,15)(H,14,16);1-3H,4-7H2,(H2,12,14)(H,13,15)(H,16,17);1-3H,4-5,8H2,(H2,9,10). The van der Waals surface area contributed by atoms with Crippen molar-refractivity contribution in [2.24, 2.45) is 5.73 Å². The van der Waals surface area contributed by atoms with Gasteiger partial charge in [0.15, 0.2) is 0 Å². The molecule has 0 aromatic carbocycles. The number of carbonyl (C=O) groups is 9. The highest BCUT2D eigenvalue weighted by Crippen LogP contribution is 2.06.